The number of benzene rings is 2. The van der Waals surface area contributed by atoms with Gasteiger partial charge in [-0.3, -0.25) is 0 Å². The summed E-state index contributed by atoms with van der Waals surface area (Å²) in [6, 6.07) is 11.9. The number of rotatable bonds is 6. The average molecular weight is 374 g/mol. The fraction of sp³-hybridized carbons (Fsp3) is 0.250. The van der Waals surface area contributed by atoms with E-state index in [-0.39, 0.29) is 21.0 Å². The first-order valence-corrected chi connectivity index (χ1v) is 9.24. The molecule has 0 radical (unpaired) electrons. The lowest BCUT2D eigenvalue weighted by Crippen LogP contribution is -2.28. The third-order valence-corrected chi connectivity index (χ3v) is 5.92. The summed E-state index contributed by atoms with van der Waals surface area (Å²) in [7, 11) is -2.38. The van der Waals surface area contributed by atoms with Crippen molar-refractivity contribution < 1.29 is 13.2 Å². The molecule has 0 aliphatic heterocycles. The van der Waals surface area contributed by atoms with Crippen LogP contribution >= 0.6 is 23.2 Å². The molecule has 0 saturated carbocycles. The number of hydrogen-bond donors (Lipinski definition) is 1. The molecule has 7 heteroatoms. The number of hydrogen-bond acceptors (Lipinski definition) is 3. The molecule has 0 saturated heterocycles. The highest BCUT2D eigenvalue weighted by Crippen LogP contribution is 2.37. The highest BCUT2D eigenvalue weighted by molar-refractivity contribution is 7.89. The van der Waals surface area contributed by atoms with Crippen LogP contribution < -0.4 is 9.46 Å². The van der Waals surface area contributed by atoms with Crippen molar-refractivity contribution in [2.45, 2.75) is 24.3 Å². The van der Waals surface area contributed by atoms with Crippen LogP contribution in [0.1, 0.15) is 24.9 Å². The largest absolute Gasteiger partial charge is 0.495 e. The number of methoxy groups -OCH3 is 1. The van der Waals surface area contributed by atoms with Gasteiger partial charge in [-0.25, -0.2) is 13.1 Å². The van der Waals surface area contributed by atoms with Gasteiger partial charge >= 0.3 is 0 Å². The van der Waals surface area contributed by atoms with Gasteiger partial charge in [0.2, 0.25) is 10.0 Å². The average Bonchev–Trinajstić information content (AvgIpc) is 2.55. The standard InChI is InChI=1S/C16H17Cl2NO3S/c1-3-12(11-7-5-4-6-8-11)19-23(20,21)14-10-9-13(22-2)15(17)16(14)18/h4-10,12,19H,3H2,1-2H3. The molecule has 2 aromatic carbocycles. The first-order valence-electron chi connectivity index (χ1n) is 7.00. The van der Waals surface area contributed by atoms with Gasteiger partial charge in [0.1, 0.15) is 15.7 Å². The highest BCUT2D eigenvalue weighted by atomic mass is 35.5. The van der Waals surface area contributed by atoms with Gasteiger partial charge in [0.25, 0.3) is 0 Å². The zero-order chi connectivity index (χ0) is 17.0. The van der Waals surface area contributed by atoms with Crippen molar-refractivity contribution in [1.29, 1.82) is 0 Å². The van der Waals surface area contributed by atoms with Crippen LogP contribution in [0.25, 0.3) is 0 Å². The molecule has 0 bridgehead atoms. The van der Waals surface area contributed by atoms with Gasteiger partial charge in [-0.15, -0.1) is 0 Å². The zero-order valence-electron chi connectivity index (χ0n) is 12.7. The molecule has 0 heterocycles. The Morgan fingerprint density at radius 3 is 2.30 bits per heavy atom. The van der Waals surface area contributed by atoms with E-state index >= 15 is 0 Å². The molecule has 0 aliphatic carbocycles. The van der Waals surface area contributed by atoms with E-state index in [9.17, 15) is 8.42 Å². The van der Waals surface area contributed by atoms with Crippen molar-refractivity contribution in [2.75, 3.05) is 7.11 Å². The first-order chi connectivity index (χ1) is 10.9. The molecule has 0 amide bonds. The van der Waals surface area contributed by atoms with Gasteiger partial charge in [0.15, 0.2) is 0 Å². The Morgan fingerprint density at radius 1 is 1.09 bits per heavy atom. The number of ether oxygens (including phenoxy) is 1. The Bertz CT molecular complexity index is 779. The van der Waals surface area contributed by atoms with Crippen molar-refractivity contribution in [3.8, 4) is 5.75 Å². The molecule has 0 aliphatic rings. The van der Waals surface area contributed by atoms with Gasteiger partial charge in [-0.1, -0.05) is 60.5 Å². The van der Waals surface area contributed by atoms with E-state index < -0.39 is 10.0 Å². The van der Waals surface area contributed by atoms with Crippen molar-refractivity contribution in [2.24, 2.45) is 0 Å². The quantitative estimate of drug-likeness (QED) is 0.814. The van der Waals surface area contributed by atoms with Gasteiger partial charge in [0, 0.05) is 6.04 Å². The zero-order valence-corrected chi connectivity index (χ0v) is 15.0. The molecular formula is C16H17Cl2NO3S. The lowest BCUT2D eigenvalue weighted by Gasteiger charge is -2.18. The van der Waals surface area contributed by atoms with E-state index in [1.165, 1.54) is 19.2 Å². The minimum atomic E-state index is -3.82. The molecule has 2 aromatic rings. The molecule has 1 atom stereocenters. The molecule has 0 spiro atoms. The van der Waals surface area contributed by atoms with Crippen molar-refractivity contribution >= 4 is 33.2 Å². The second kappa shape index (κ2) is 7.53. The Morgan fingerprint density at radius 2 is 1.74 bits per heavy atom. The predicted molar refractivity (Wildman–Crippen MR) is 92.8 cm³/mol. The first kappa shape index (κ1) is 18.1. The lowest BCUT2D eigenvalue weighted by molar-refractivity contribution is 0.414. The Hall–Kier alpha value is -1.27. The molecule has 2 rings (SSSR count). The SMILES string of the molecule is CCC(NS(=O)(=O)c1ccc(OC)c(Cl)c1Cl)c1ccccc1. The van der Waals surface area contributed by atoms with Crippen LogP contribution in [0.2, 0.25) is 10.0 Å². The van der Waals surface area contributed by atoms with Crippen molar-refractivity contribution in [3.05, 3.63) is 58.1 Å². The van der Waals surface area contributed by atoms with Crippen LogP contribution in [0.5, 0.6) is 5.75 Å². The van der Waals surface area contributed by atoms with E-state index in [1.807, 2.05) is 37.3 Å². The molecule has 1 N–H and O–H groups in total. The van der Waals surface area contributed by atoms with E-state index in [0.717, 1.165) is 5.56 Å². The van der Waals surface area contributed by atoms with Crippen molar-refractivity contribution in [3.63, 3.8) is 0 Å². The second-order valence-electron chi connectivity index (χ2n) is 4.89. The molecule has 4 nitrogen and oxygen atoms in total. The maximum Gasteiger partial charge on any atom is 0.242 e. The predicted octanol–water partition coefficient (Wildman–Crippen LogP) is 4.43. The third-order valence-electron chi connectivity index (χ3n) is 3.43. The van der Waals surface area contributed by atoms with Crippen molar-refractivity contribution in [1.82, 2.24) is 4.72 Å². The van der Waals surface area contributed by atoms with E-state index in [1.54, 1.807) is 0 Å². The number of halogens is 2. The lowest BCUT2D eigenvalue weighted by atomic mass is 10.1. The molecule has 124 valence electrons. The Labute approximate surface area is 146 Å². The molecular weight excluding hydrogens is 357 g/mol. The van der Waals surface area contributed by atoms with E-state index in [0.29, 0.717) is 12.2 Å². The highest BCUT2D eigenvalue weighted by Gasteiger charge is 2.25. The summed E-state index contributed by atoms with van der Waals surface area (Å²) in [4.78, 5) is -0.0700. The summed E-state index contributed by atoms with van der Waals surface area (Å²) in [6.45, 7) is 1.91. The fourth-order valence-corrected chi connectivity index (χ4v) is 4.35. The summed E-state index contributed by atoms with van der Waals surface area (Å²) >= 11 is 12.1. The van der Waals surface area contributed by atoms with Gasteiger partial charge in [-0.05, 0) is 24.1 Å². The van der Waals surface area contributed by atoms with Crippen LogP contribution in [0.15, 0.2) is 47.4 Å². The maximum atomic E-state index is 12.7. The summed E-state index contributed by atoms with van der Waals surface area (Å²) < 4.78 is 33.0. The minimum absolute atomic E-state index is 0.0542. The van der Waals surface area contributed by atoms with Crippen LogP contribution in [-0.2, 0) is 10.0 Å². The number of sulfonamides is 1. The van der Waals surface area contributed by atoms with E-state index in [2.05, 4.69) is 4.72 Å². The smallest absolute Gasteiger partial charge is 0.242 e. The normalized spacial score (nSPS) is 12.9. The topological polar surface area (TPSA) is 55.4 Å². The summed E-state index contributed by atoms with van der Waals surface area (Å²) in [6.07, 6.45) is 0.602. The summed E-state index contributed by atoms with van der Waals surface area (Å²) in [5, 5.41) is 0.0197. The van der Waals surface area contributed by atoms with E-state index in [4.69, 9.17) is 27.9 Å². The Balaban J connectivity index is 2.37. The monoisotopic (exact) mass is 373 g/mol. The van der Waals surface area contributed by atoms with Crippen LogP contribution in [0.4, 0.5) is 0 Å². The fourth-order valence-electron chi connectivity index (χ4n) is 2.20. The minimum Gasteiger partial charge on any atom is -0.495 e. The summed E-state index contributed by atoms with van der Waals surface area (Å²) in [5.41, 5.74) is 0.884. The van der Waals surface area contributed by atoms with Crippen LogP contribution in [0.3, 0.4) is 0 Å². The number of nitrogens with one attached hydrogen (secondary N) is 1. The molecule has 1 unspecified atom stereocenters. The summed E-state index contributed by atoms with van der Waals surface area (Å²) in [5.74, 6) is 0.325. The molecule has 23 heavy (non-hydrogen) atoms. The van der Waals surface area contributed by atoms with Gasteiger partial charge in [0.05, 0.1) is 12.1 Å². The second-order valence-corrected chi connectivity index (χ2v) is 7.33. The van der Waals surface area contributed by atoms with Gasteiger partial charge in [-0.2, -0.15) is 0 Å². The Kier molecular flexibility index (Phi) is 5.92. The van der Waals surface area contributed by atoms with Gasteiger partial charge < -0.3 is 4.74 Å². The van der Waals surface area contributed by atoms with Crippen LogP contribution in [-0.4, -0.2) is 15.5 Å². The third kappa shape index (κ3) is 3.98. The molecule has 0 aromatic heterocycles. The van der Waals surface area contributed by atoms with Crippen LogP contribution in [0, 0.1) is 0 Å². The molecule has 0 fully saturated rings. The maximum absolute atomic E-state index is 12.7.